The summed E-state index contributed by atoms with van der Waals surface area (Å²) in [7, 11) is 0. The molecule has 1 fully saturated rings. The summed E-state index contributed by atoms with van der Waals surface area (Å²) < 4.78 is 10.5. The van der Waals surface area contributed by atoms with E-state index < -0.39 is 6.04 Å². The maximum atomic E-state index is 12.1. The van der Waals surface area contributed by atoms with E-state index in [1.54, 1.807) is 0 Å². The van der Waals surface area contributed by atoms with E-state index in [0.717, 1.165) is 45.0 Å². The van der Waals surface area contributed by atoms with E-state index in [2.05, 4.69) is 10.2 Å². The Morgan fingerprint density at radius 3 is 2.71 bits per heavy atom. The number of nitrogens with zero attached hydrogens (tertiary/aromatic N) is 1. The molecule has 5 nitrogen and oxygen atoms in total. The molecule has 2 rings (SSSR count). The third-order valence-electron chi connectivity index (χ3n) is 3.54. The summed E-state index contributed by atoms with van der Waals surface area (Å²) in [4.78, 5) is 14.4. The first-order valence-electron chi connectivity index (χ1n) is 7.56. The highest BCUT2D eigenvalue weighted by Gasteiger charge is 2.21. The second-order valence-electron chi connectivity index (χ2n) is 5.00. The van der Waals surface area contributed by atoms with Crippen LogP contribution < -0.4 is 5.32 Å². The van der Waals surface area contributed by atoms with Crippen LogP contribution in [0.5, 0.6) is 0 Å². The van der Waals surface area contributed by atoms with Gasteiger partial charge in [0.25, 0.3) is 0 Å². The van der Waals surface area contributed by atoms with E-state index in [1.165, 1.54) is 0 Å². The SMILES string of the molecule is CCOC(=O)C(NCCN1CCOCC1)c1ccccc1. The van der Waals surface area contributed by atoms with Gasteiger partial charge in [-0.15, -0.1) is 0 Å². The predicted octanol–water partition coefficient (Wildman–Crippen LogP) is 1.21. The van der Waals surface area contributed by atoms with Gasteiger partial charge in [-0.25, -0.2) is 4.79 Å². The van der Waals surface area contributed by atoms with Gasteiger partial charge in [0.15, 0.2) is 0 Å². The maximum absolute atomic E-state index is 12.1. The fraction of sp³-hybridized carbons (Fsp3) is 0.562. The minimum Gasteiger partial charge on any atom is -0.465 e. The Labute approximate surface area is 126 Å². The molecule has 1 aliphatic rings. The van der Waals surface area contributed by atoms with Crippen molar-refractivity contribution < 1.29 is 14.3 Å². The maximum Gasteiger partial charge on any atom is 0.327 e. The largest absolute Gasteiger partial charge is 0.465 e. The molecule has 1 aliphatic heterocycles. The number of esters is 1. The summed E-state index contributed by atoms with van der Waals surface area (Å²) in [5, 5.41) is 3.31. The van der Waals surface area contributed by atoms with Gasteiger partial charge in [-0.1, -0.05) is 30.3 Å². The smallest absolute Gasteiger partial charge is 0.327 e. The molecule has 0 aromatic heterocycles. The molecule has 0 amide bonds. The third kappa shape index (κ3) is 5.12. The first-order chi connectivity index (χ1) is 10.3. The Bertz CT molecular complexity index is 419. The molecule has 1 atom stereocenters. The molecule has 1 aromatic carbocycles. The van der Waals surface area contributed by atoms with Crippen molar-refractivity contribution in [2.24, 2.45) is 0 Å². The third-order valence-corrected chi connectivity index (χ3v) is 3.54. The molecule has 5 heteroatoms. The van der Waals surface area contributed by atoms with Gasteiger partial charge in [-0.05, 0) is 12.5 Å². The first kappa shape index (κ1) is 15.9. The highest BCUT2D eigenvalue weighted by Crippen LogP contribution is 2.14. The molecule has 0 radical (unpaired) electrons. The van der Waals surface area contributed by atoms with Gasteiger partial charge in [-0.2, -0.15) is 0 Å². The number of morpholine rings is 1. The quantitative estimate of drug-likeness (QED) is 0.766. The number of carbonyl (C=O) groups excluding carboxylic acids is 1. The lowest BCUT2D eigenvalue weighted by atomic mass is 10.1. The highest BCUT2D eigenvalue weighted by atomic mass is 16.5. The van der Waals surface area contributed by atoms with Crippen LogP contribution in [0.4, 0.5) is 0 Å². The monoisotopic (exact) mass is 292 g/mol. The Balaban J connectivity index is 1.88. The minimum atomic E-state index is -0.396. The van der Waals surface area contributed by atoms with E-state index >= 15 is 0 Å². The van der Waals surface area contributed by atoms with Crippen molar-refractivity contribution in [3.8, 4) is 0 Å². The zero-order valence-electron chi connectivity index (χ0n) is 12.6. The van der Waals surface area contributed by atoms with E-state index in [9.17, 15) is 4.79 Å². The molecule has 0 spiro atoms. The van der Waals surface area contributed by atoms with Crippen molar-refractivity contribution in [3.05, 3.63) is 35.9 Å². The average molecular weight is 292 g/mol. The Morgan fingerprint density at radius 2 is 2.05 bits per heavy atom. The van der Waals surface area contributed by atoms with Crippen molar-refractivity contribution in [1.29, 1.82) is 0 Å². The van der Waals surface area contributed by atoms with E-state index in [4.69, 9.17) is 9.47 Å². The standard InChI is InChI=1S/C16H24N2O3/c1-2-21-16(19)15(14-6-4-3-5-7-14)17-8-9-18-10-12-20-13-11-18/h3-7,15,17H,2,8-13H2,1H3. The molecule has 116 valence electrons. The van der Waals surface area contributed by atoms with Crippen LogP contribution in [0, 0.1) is 0 Å². The topological polar surface area (TPSA) is 50.8 Å². The zero-order chi connectivity index (χ0) is 14.9. The molecule has 0 saturated carbocycles. The van der Waals surface area contributed by atoms with Crippen LogP contribution in [0.2, 0.25) is 0 Å². The molecule has 21 heavy (non-hydrogen) atoms. The number of nitrogens with one attached hydrogen (secondary N) is 1. The molecular weight excluding hydrogens is 268 g/mol. The number of hydrogen-bond donors (Lipinski definition) is 1. The highest BCUT2D eigenvalue weighted by molar-refractivity contribution is 5.77. The lowest BCUT2D eigenvalue weighted by Crippen LogP contribution is -2.42. The van der Waals surface area contributed by atoms with Crippen LogP contribution in [0.1, 0.15) is 18.5 Å². The van der Waals surface area contributed by atoms with Crippen molar-refractivity contribution in [2.45, 2.75) is 13.0 Å². The Morgan fingerprint density at radius 1 is 1.33 bits per heavy atom. The number of hydrogen-bond acceptors (Lipinski definition) is 5. The second-order valence-corrected chi connectivity index (χ2v) is 5.00. The van der Waals surface area contributed by atoms with Crippen LogP contribution >= 0.6 is 0 Å². The van der Waals surface area contributed by atoms with Gasteiger partial charge in [-0.3, -0.25) is 10.2 Å². The van der Waals surface area contributed by atoms with Crippen LogP contribution in [-0.2, 0) is 14.3 Å². The molecule has 1 heterocycles. The van der Waals surface area contributed by atoms with Gasteiger partial charge in [0.05, 0.1) is 19.8 Å². The molecule has 0 bridgehead atoms. The summed E-state index contributed by atoms with van der Waals surface area (Å²) in [5.74, 6) is -0.217. The van der Waals surface area contributed by atoms with Crippen LogP contribution in [0.15, 0.2) is 30.3 Å². The zero-order valence-corrected chi connectivity index (χ0v) is 12.6. The summed E-state index contributed by atoms with van der Waals surface area (Å²) in [5.41, 5.74) is 0.943. The number of ether oxygens (including phenoxy) is 2. The van der Waals surface area contributed by atoms with Crippen molar-refractivity contribution in [3.63, 3.8) is 0 Å². The lowest BCUT2D eigenvalue weighted by molar-refractivity contribution is -0.145. The van der Waals surface area contributed by atoms with Gasteiger partial charge in [0.2, 0.25) is 0 Å². The van der Waals surface area contributed by atoms with E-state index in [-0.39, 0.29) is 5.97 Å². The van der Waals surface area contributed by atoms with Crippen molar-refractivity contribution in [2.75, 3.05) is 46.0 Å². The molecular formula is C16H24N2O3. The number of rotatable bonds is 7. The molecule has 0 aliphatic carbocycles. The molecule has 1 saturated heterocycles. The minimum absolute atomic E-state index is 0.217. The number of benzene rings is 1. The van der Waals surface area contributed by atoms with Gasteiger partial charge in [0.1, 0.15) is 6.04 Å². The van der Waals surface area contributed by atoms with Crippen LogP contribution in [-0.4, -0.2) is 56.9 Å². The first-order valence-corrected chi connectivity index (χ1v) is 7.56. The van der Waals surface area contributed by atoms with Crippen LogP contribution in [0.3, 0.4) is 0 Å². The van der Waals surface area contributed by atoms with E-state index in [1.807, 2.05) is 37.3 Å². The van der Waals surface area contributed by atoms with Crippen molar-refractivity contribution >= 4 is 5.97 Å². The van der Waals surface area contributed by atoms with Crippen molar-refractivity contribution in [1.82, 2.24) is 10.2 Å². The van der Waals surface area contributed by atoms with Crippen LogP contribution in [0.25, 0.3) is 0 Å². The normalized spacial score (nSPS) is 17.4. The van der Waals surface area contributed by atoms with Gasteiger partial charge in [0, 0.05) is 26.2 Å². The van der Waals surface area contributed by atoms with Gasteiger partial charge >= 0.3 is 5.97 Å². The Kier molecular flexibility index (Phi) is 6.66. The predicted molar refractivity (Wildman–Crippen MR) is 81.1 cm³/mol. The summed E-state index contributed by atoms with van der Waals surface area (Å²) >= 11 is 0. The fourth-order valence-corrected chi connectivity index (χ4v) is 2.40. The van der Waals surface area contributed by atoms with E-state index in [0.29, 0.717) is 6.61 Å². The average Bonchev–Trinajstić information content (AvgIpc) is 2.53. The summed E-state index contributed by atoms with van der Waals surface area (Å²) in [6.45, 7) is 7.37. The molecule has 1 aromatic rings. The second kappa shape index (κ2) is 8.77. The fourth-order valence-electron chi connectivity index (χ4n) is 2.40. The molecule has 1 N–H and O–H groups in total. The Hall–Kier alpha value is -1.43. The van der Waals surface area contributed by atoms with Gasteiger partial charge < -0.3 is 9.47 Å². The summed E-state index contributed by atoms with van der Waals surface area (Å²) in [6, 6.07) is 9.31. The molecule has 1 unspecified atom stereocenters. The lowest BCUT2D eigenvalue weighted by Gasteiger charge is -2.27. The number of carbonyl (C=O) groups is 1. The summed E-state index contributed by atoms with van der Waals surface area (Å²) in [6.07, 6.45) is 0.